The minimum absolute atomic E-state index is 0.00827. The first-order chi connectivity index (χ1) is 14.2. The van der Waals surface area contributed by atoms with Crippen LogP contribution in [0, 0.1) is 0 Å². The number of piperazine rings is 1. The van der Waals surface area contributed by atoms with E-state index >= 15 is 0 Å². The number of halogens is 1. The second-order valence-electron chi connectivity index (χ2n) is 7.18. The highest BCUT2D eigenvalue weighted by Crippen LogP contribution is 2.23. The summed E-state index contributed by atoms with van der Waals surface area (Å²) in [6.07, 6.45) is 1.70. The molecule has 7 heteroatoms. The van der Waals surface area contributed by atoms with E-state index in [0.29, 0.717) is 18.1 Å². The van der Waals surface area contributed by atoms with Gasteiger partial charge in [-0.1, -0.05) is 11.6 Å². The van der Waals surface area contributed by atoms with Gasteiger partial charge in [-0.3, -0.25) is 14.6 Å². The van der Waals surface area contributed by atoms with Crippen LogP contribution >= 0.6 is 11.6 Å². The molecule has 0 radical (unpaired) electrons. The van der Waals surface area contributed by atoms with E-state index in [1.807, 2.05) is 48.5 Å². The first kappa shape index (κ1) is 19.8. The Morgan fingerprint density at radius 3 is 2.45 bits per heavy atom. The van der Waals surface area contributed by atoms with Gasteiger partial charge in [0.1, 0.15) is 17.3 Å². The number of carbonyl (C=O) groups excluding carboxylic acids is 1. The van der Waals surface area contributed by atoms with Gasteiger partial charge in [-0.25, -0.2) is 0 Å². The van der Waals surface area contributed by atoms with Crippen molar-refractivity contribution in [3.8, 4) is 11.3 Å². The van der Waals surface area contributed by atoms with Crippen LogP contribution in [0.25, 0.3) is 11.3 Å². The third-order valence-corrected chi connectivity index (χ3v) is 5.29. The van der Waals surface area contributed by atoms with E-state index in [-0.39, 0.29) is 5.91 Å². The fourth-order valence-corrected chi connectivity index (χ4v) is 3.54. The summed E-state index contributed by atoms with van der Waals surface area (Å²) in [5.41, 5.74) is 0.958. The first-order valence-electron chi connectivity index (χ1n) is 9.74. The molecule has 0 aliphatic carbocycles. The average molecular weight is 414 g/mol. The molecular weight excluding hydrogens is 390 g/mol. The average Bonchev–Trinajstić information content (AvgIpc) is 3.41. The Bertz CT molecular complexity index is 913. The SMILES string of the molecule is O=C(CN1CCN(Cc2ccco2)CC1)NCc1ccc(-c2ccc(Cl)cc2)o1. The summed E-state index contributed by atoms with van der Waals surface area (Å²) in [4.78, 5) is 16.8. The molecule has 1 amide bonds. The first-order valence-corrected chi connectivity index (χ1v) is 10.1. The fraction of sp³-hybridized carbons (Fsp3) is 0.318. The van der Waals surface area contributed by atoms with Gasteiger partial charge in [-0.15, -0.1) is 0 Å². The summed E-state index contributed by atoms with van der Waals surface area (Å²) in [6.45, 7) is 5.20. The predicted molar refractivity (Wildman–Crippen MR) is 111 cm³/mol. The zero-order valence-corrected chi connectivity index (χ0v) is 16.9. The van der Waals surface area contributed by atoms with Gasteiger partial charge in [-0.05, 0) is 48.5 Å². The van der Waals surface area contributed by atoms with Crippen LogP contribution < -0.4 is 5.32 Å². The minimum Gasteiger partial charge on any atom is -0.468 e. The molecule has 3 heterocycles. The number of benzene rings is 1. The smallest absolute Gasteiger partial charge is 0.234 e. The monoisotopic (exact) mass is 413 g/mol. The molecule has 1 saturated heterocycles. The van der Waals surface area contributed by atoms with Gasteiger partial charge in [-0.2, -0.15) is 0 Å². The largest absolute Gasteiger partial charge is 0.468 e. The summed E-state index contributed by atoms with van der Waals surface area (Å²) < 4.78 is 11.2. The number of carbonyl (C=O) groups is 1. The van der Waals surface area contributed by atoms with E-state index < -0.39 is 0 Å². The molecule has 4 rings (SSSR count). The van der Waals surface area contributed by atoms with Crippen molar-refractivity contribution in [1.82, 2.24) is 15.1 Å². The molecule has 1 aromatic carbocycles. The zero-order valence-electron chi connectivity index (χ0n) is 16.1. The Morgan fingerprint density at radius 2 is 1.72 bits per heavy atom. The van der Waals surface area contributed by atoms with Crippen LogP contribution in [0.3, 0.4) is 0 Å². The molecule has 0 spiro atoms. The van der Waals surface area contributed by atoms with Gasteiger partial charge in [0, 0.05) is 36.8 Å². The molecule has 0 unspecified atom stereocenters. The lowest BCUT2D eigenvalue weighted by Gasteiger charge is -2.33. The van der Waals surface area contributed by atoms with Crippen molar-refractivity contribution < 1.29 is 13.6 Å². The van der Waals surface area contributed by atoms with Gasteiger partial charge in [0.2, 0.25) is 5.91 Å². The normalized spacial score (nSPS) is 15.5. The number of amides is 1. The molecule has 2 aromatic heterocycles. The van der Waals surface area contributed by atoms with Gasteiger partial charge < -0.3 is 14.2 Å². The molecule has 0 atom stereocenters. The second kappa shape index (κ2) is 9.31. The number of furan rings is 2. The molecule has 6 nitrogen and oxygen atoms in total. The molecule has 1 fully saturated rings. The van der Waals surface area contributed by atoms with Gasteiger partial charge >= 0.3 is 0 Å². The van der Waals surface area contributed by atoms with Crippen molar-refractivity contribution in [2.45, 2.75) is 13.1 Å². The van der Waals surface area contributed by atoms with E-state index in [9.17, 15) is 4.79 Å². The van der Waals surface area contributed by atoms with E-state index in [1.165, 1.54) is 0 Å². The summed E-state index contributed by atoms with van der Waals surface area (Å²) >= 11 is 5.92. The molecule has 1 aliphatic heterocycles. The standard InChI is InChI=1S/C22H24ClN3O3/c23-18-5-3-17(4-6-18)21-8-7-19(29-21)14-24-22(27)16-26-11-9-25(10-12-26)15-20-2-1-13-28-20/h1-8,13H,9-12,14-16H2,(H,24,27). The summed E-state index contributed by atoms with van der Waals surface area (Å²) in [7, 11) is 0. The zero-order chi connectivity index (χ0) is 20.1. The van der Waals surface area contributed by atoms with Crippen molar-refractivity contribution >= 4 is 17.5 Å². The Balaban J connectivity index is 1.19. The highest BCUT2D eigenvalue weighted by molar-refractivity contribution is 6.30. The molecule has 1 N–H and O–H groups in total. The molecule has 0 saturated carbocycles. The number of hydrogen-bond donors (Lipinski definition) is 1. The summed E-state index contributed by atoms with van der Waals surface area (Å²) in [6, 6.07) is 15.2. The third-order valence-electron chi connectivity index (χ3n) is 5.04. The lowest BCUT2D eigenvalue weighted by molar-refractivity contribution is -0.122. The van der Waals surface area contributed by atoms with Crippen LogP contribution in [0.5, 0.6) is 0 Å². The molecule has 3 aromatic rings. The van der Waals surface area contributed by atoms with Crippen molar-refractivity contribution in [3.05, 3.63) is 71.3 Å². The van der Waals surface area contributed by atoms with Crippen molar-refractivity contribution in [1.29, 1.82) is 0 Å². The highest BCUT2D eigenvalue weighted by atomic mass is 35.5. The van der Waals surface area contributed by atoms with E-state index in [0.717, 1.165) is 55.6 Å². The molecule has 1 aliphatic rings. The third kappa shape index (κ3) is 5.50. The topological polar surface area (TPSA) is 61.9 Å². The predicted octanol–water partition coefficient (Wildman–Crippen LogP) is 3.63. The number of nitrogens with zero attached hydrogens (tertiary/aromatic N) is 2. The van der Waals surface area contributed by atoms with Crippen LogP contribution in [-0.2, 0) is 17.9 Å². The Morgan fingerprint density at radius 1 is 0.966 bits per heavy atom. The van der Waals surface area contributed by atoms with Gasteiger partial charge in [0.05, 0.1) is 25.9 Å². The lowest BCUT2D eigenvalue weighted by atomic mass is 10.2. The van der Waals surface area contributed by atoms with E-state index in [4.69, 9.17) is 20.4 Å². The molecule has 152 valence electrons. The fourth-order valence-electron chi connectivity index (χ4n) is 3.42. The highest BCUT2D eigenvalue weighted by Gasteiger charge is 2.19. The van der Waals surface area contributed by atoms with Crippen LogP contribution in [-0.4, -0.2) is 48.4 Å². The maximum Gasteiger partial charge on any atom is 0.234 e. The van der Waals surface area contributed by atoms with E-state index in [2.05, 4.69) is 15.1 Å². The van der Waals surface area contributed by atoms with Gasteiger partial charge in [0.25, 0.3) is 0 Å². The summed E-state index contributed by atoms with van der Waals surface area (Å²) in [5.74, 6) is 2.48. The van der Waals surface area contributed by atoms with Crippen LogP contribution in [0.15, 0.2) is 63.6 Å². The Kier molecular flexibility index (Phi) is 6.34. The van der Waals surface area contributed by atoms with Crippen LogP contribution in [0.1, 0.15) is 11.5 Å². The van der Waals surface area contributed by atoms with Crippen molar-refractivity contribution in [3.63, 3.8) is 0 Å². The molecular formula is C22H24ClN3O3. The Labute approximate surface area is 175 Å². The quantitative estimate of drug-likeness (QED) is 0.641. The second-order valence-corrected chi connectivity index (χ2v) is 7.62. The Hall–Kier alpha value is -2.54. The number of nitrogens with one attached hydrogen (secondary N) is 1. The maximum absolute atomic E-state index is 12.3. The lowest BCUT2D eigenvalue weighted by Crippen LogP contribution is -2.49. The van der Waals surface area contributed by atoms with Crippen LogP contribution in [0.2, 0.25) is 5.02 Å². The number of hydrogen-bond acceptors (Lipinski definition) is 5. The number of rotatable bonds is 7. The van der Waals surface area contributed by atoms with Crippen molar-refractivity contribution in [2.75, 3.05) is 32.7 Å². The van der Waals surface area contributed by atoms with Gasteiger partial charge in [0.15, 0.2) is 0 Å². The maximum atomic E-state index is 12.3. The van der Waals surface area contributed by atoms with Crippen LogP contribution in [0.4, 0.5) is 0 Å². The molecule has 29 heavy (non-hydrogen) atoms. The minimum atomic E-state index is 0.00827. The van der Waals surface area contributed by atoms with Crippen molar-refractivity contribution in [2.24, 2.45) is 0 Å². The van der Waals surface area contributed by atoms with E-state index in [1.54, 1.807) is 6.26 Å². The molecule has 0 bridgehead atoms. The summed E-state index contributed by atoms with van der Waals surface area (Å²) in [5, 5.41) is 3.63.